The quantitative estimate of drug-likeness (QED) is 0.446. The van der Waals surface area contributed by atoms with Gasteiger partial charge in [-0.1, -0.05) is 26.0 Å². The summed E-state index contributed by atoms with van der Waals surface area (Å²) in [5, 5.41) is 18.5. The number of carbonyl (C=O) groups excluding carboxylic acids is 1. The van der Waals surface area contributed by atoms with E-state index < -0.39 is 11.9 Å². The molecular weight excluding hydrogens is 272 g/mol. The Kier molecular flexibility index (Phi) is 6.62. The number of allylic oxidation sites excluding steroid dienone is 2. The molecule has 0 saturated heterocycles. The molecule has 2 N–H and O–H groups in total. The molecule has 2 atom stereocenters. The first kappa shape index (κ1) is 17.4. The Morgan fingerprint density at radius 3 is 2.62 bits per heavy atom. The molecule has 118 valence electrons. The Labute approximate surface area is 125 Å². The molecule has 0 heterocycles. The zero-order valence-electron chi connectivity index (χ0n) is 12.8. The summed E-state index contributed by atoms with van der Waals surface area (Å²) in [6.45, 7) is 5.24. The lowest BCUT2D eigenvalue weighted by Gasteiger charge is -2.31. The van der Waals surface area contributed by atoms with Crippen molar-refractivity contribution in [3.8, 4) is 0 Å². The van der Waals surface area contributed by atoms with Crippen molar-refractivity contribution in [2.75, 3.05) is 13.2 Å². The molecule has 2 unspecified atom stereocenters. The van der Waals surface area contributed by atoms with Gasteiger partial charge in [-0.05, 0) is 36.2 Å². The van der Waals surface area contributed by atoms with Crippen LogP contribution in [0, 0.1) is 17.8 Å². The van der Waals surface area contributed by atoms with E-state index in [1.165, 1.54) is 6.92 Å². The second-order valence-electron chi connectivity index (χ2n) is 5.78. The van der Waals surface area contributed by atoms with Crippen LogP contribution in [0.3, 0.4) is 0 Å². The van der Waals surface area contributed by atoms with Gasteiger partial charge < -0.3 is 14.9 Å². The number of carbonyl (C=O) groups is 2. The third-order valence-corrected chi connectivity index (χ3v) is 3.88. The fourth-order valence-electron chi connectivity index (χ4n) is 2.70. The summed E-state index contributed by atoms with van der Waals surface area (Å²) in [6.07, 6.45) is 5.37. The van der Waals surface area contributed by atoms with Gasteiger partial charge in [0.15, 0.2) is 0 Å². The van der Waals surface area contributed by atoms with E-state index in [2.05, 4.69) is 13.8 Å². The molecular formula is C16H24O5. The fraction of sp³-hybridized carbons (Fsp3) is 0.625. The van der Waals surface area contributed by atoms with E-state index in [4.69, 9.17) is 4.74 Å². The third kappa shape index (κ3) is 5.34. The maximum Gasteiger partial charge on any atom is 0.334 e. The van der Waals surface area contributed by atoms with Crippen molar-refractivity contribution in [1.82, 2.24) is 0 Å². The van der Waals surface area contributed by atoms with Crippen molar-refractivity contribution >= 4 is 11.9 Å². The molecule has 5 nitrogen and oxygen atoms in total. The zero-order valence-corrected chi connectivity index (χ0v) is 12.8. The van der Waals surface area contributed by atoms with Crippen LogP contribution in [0.1, 0.15) is 33.6 Å². The van der Waals surface area contributed by atoms with Gasteiger partial charge in [0.1, 0.15) is 6.61 Å². The summed E-state index contributed by atoms with van der Waals surface area (Å²) >= 11 is 0. The minimum absolute atomic E-state index is 0.00149. The summed E-state index contributed by atoms with van der Waals surface area (Å²) in [5.74, 6) is -0.901. The number of carboxylic acid groups (broad SMARTS) is 1. The van der Waals surface area contributed by atoms with Crippen LogP contribution in [0.25, 0.3) is 0 Å². The molecule has 0 bridgehead atoms. The maximum absolute atomic E-state index is 11.3. The maximum atomic E-state index is 11.3. The van der Waals surface area contributed by atoms with Gasteiger partial charge in [-0.2, -0.15) is 0 Å². The van der Waals surface area contributed by atoms with Crippen LogP contribution in [0.15, 0.2) is 23.3 Å². The van der Waals surface area contributed by atoms with Gasteiger partial charge >= 0.3 is 11.9 Å². The average molecular weight is 296 g/mol. The van der Waals surface area contributed by atoms with Gasteiger partial charge in [-0.25, -0.2) is 4.79 Å². The molecule has 21 heavy (non-hydrogen) atoms. The molecule has 0 aromatic heterocycles. The number of ether oxygens (including phenoxy) is 1. The van der Waals surface area contributed by atoms with Crippen molar-refractivity contribution < 1.29 is 24.5 Å². The minimum atomic E-state index is -1.08. The molecule has 0 fully saturated rings. The summed E-state index contributed by atoms with van der Waals surface area (Å²) in [4.78, 5) is 22.1. The van der Waals surface area contributed by atoms with Gasteiger partial charge in [0.2, 0.25) is 0 Å². The first-order chi connectivity index (χ1) is 9.85. The van der Waals surface area contributed by atoms with Crippen LogP contribution in [-0.2, 0) is 14.3 Å². The van der Waals surface area contributed by atoms with Gasteiger partial charge in [-0.3, -0.25) is 4.79 Å². The second-order valence-corrected chi connectivity index (χ2v) is 5.78. The highest BCUT2D eigenvalue weighted by Gasteiger charge is 2.27. The summed E-state index contributed by atoms with van der Waals surface area (Å²) in [5.41, 5.74) is 1.02. The SMILES string of the molecule is CC(=O)OCC(=CC1C=C(CO)CCC1C(C)C)C(=O)O. The van der Waals surface area contributed by atoms with Crippen molar-refractivity contribution in [3.05, 3.63) is 23.3 Å². The smallest absolute Gasteiger partial charge is 0.334 e. The van der Waals surface area contributed by atoms with E-state index in [0.717, 1.165) is 18.4 Å². The summed E-state index contributed by atoms with van der Waals surface area (Å²) < 4.78 is 4.80. The lowest BCUT2D eigenvalue weighted by atomic mass is 9.74. The van der Waals surface area contributed by atoms with Crippen molar-refractivity contribution in [2.45, 2.75) is 33.6 Å². The van der Waals surface area contributed by atoms with Gasteiger partial charge in [0, 0.05) is 6.92 Å². The van der Waals surface area contributed by atoms with Crippen LogP contribution in [0.2, 0.25) is 0 Å². The van der Waals surface area contributed by atoms with E-state index in [1.807, 2.05) is 6.08 Å². The van der Waals surface area contributed by atoms with Gasteiger partial charge in [0.25, 0.3) is 0 Å². The standard InChI is InChI=1S/C16H24O5/c1-10(2)15-5-4-12(8-17)6-13(15)7-14(16(19)20)9-21-11(3)18/h6-7,10,13,15,17H,4-5,8-9H2,1-3H3,(H,19,20). The van der Waals surface area contributed by atoms with E-state index in [1.54, 1.807) is 6.08 Å². The average Bonchev–Trinajstić information content (AvgIpc) is 2.42. The molecule has 0 radical (unpaired) electrons. The minimum Gasteiger partial charge on any atom is -0.478 e. The monoisotopic (exact) mass is 296 g/mol. The predicted molar refractivity (Wildman–Crippen MR) is 78.6 cm³/mol. The van der Waals surface area contributed by atoms with E-state index in [-0.39, 0.29) is 24.7 Å². The molecule has 0 saturated carbocycles. The number of hydrogen-bond acceptors (Lipinski definition) is 4. The number of aliphatic carboxylic acids is 1. The normalized spacial score (nSPS) is 22.9. The predicted octanol–water partition coefficient (Wildman–Crippen LogP) is 2.16. The van der Waals surface area contributed by atoms with Crippen LogP contribution < -0.4 is 0 Å². The van der Waals surface area contributed by atoms with Gasteiger partial charge in [-0.15, -0.1) is 0 Å². The second kappa shape index (κ2) is 7.98. The van der Waals surface area contributed by atoms with Crippen molar-refractivity contribution in [3.63, 3.8) is 0 Å². The number of carboxylic acids is 1. The van der Waals surface area contributed by atoms with Crippen molar-refractivity contribution in [2.24, 2.45) is 17.8 Å². The Bertz CT molecular complexity index is 448. The van der Waals surface area contributed by atoms with Crippen LogP contribution >= 0.6 is 0 Å². The first-order valence-electron chi connectivity index (χ1n) is 7.23. The van der Waals surface area contributed by atoms with Crippen LogP contribution in [0.5, 0.6) is 0 Å². The Morgan fingerprint density at radius 1 is 1.48 bits per heavy atom. The van der Waals surface area contributed by atoms with Crippen LogP contribution in [0.4, 0.5) is 0 Å². The molecule has 1 aliphatic carbocycles. The molecule has 0 aliphatic heterocycles. The summed E-state index contributed by atoms with van der Waals surface area (Å²) in [6, 6.07) is 0. The van der Waals surface area contributed by atoms with Crippen molar-refractivity contribution in [1.29, 1.82) is 0 Å². The highest BCUT2D eigenvalue weighted by Crippen LogP contribution is 2.35. The number of aliphatic hydroxyl groups is 1. The molecule has 0 aromatic carbocycles. The molecule has 5 heteroatoms. The highest BCUT2D eigenvalue weighted by molar-refractivity contribution is 5.87. The molecule has 1 aliphatic rings. The van der Waals surface area contributed by atoms with E-state index >= 15 is 0 Å². The highest BCUT2D eigenvalue weighted by atomic mass is 16.5. The topological polar surface area (TPSA) is 83.8 Å². The number of hydrogen-bond donors (Lipinski definition) is 2. The van der Waals surface area contributed by atoms with E-state index in [9.17, 15) is 19.8 Å². The Hall–Kier alpha value is -1.62. The molecule has 0 spiro atoms. The lowest BCUT2D eigenvalue weighted by Crippen LogP contribution is -2.24. The van der Waals surface area contributed by atoms with Crippen LogP contribution in [-0.4, -0.2) is 35.4 Å². The Morgan fingerprint density at radius 2 is 2.14 bits per heavy atom. The number of rotatable bonds is 6. The van der Waals surface area contributed by atoms with Gasteiger partial charge in [0.05, 0.1) is 12.2 Å². The molecule has 0 amide bonds. The summed E-state index contributed by atoms with van der Waals surface area (Å²) in [7, 11) is 0. The molecule has 1 rings (SSSR count). The number of esters is 1. The fourth-order valence-corrected chi connectivity index (χ4v) is 2.70. The van der Waals surface area contributed by atoms with E-state index in [0.29, 0.717) is 11.8 Å². The third-order valence-electron chi connectivity index (χ3n) is 3.88. The first-order valence-corrected chi connectivity index (χ1v) is 7.23. The largest absolute Gasteiger partial charge is 0.478 e. The molecule has 0 aromatic rings. The zero-order chi connectivity index (χ0) is 16.0. The number of aliphatic hydroxyl groups excluding tert-OH is 1. The Balaban J connectivity index is 3.00. The lowest BCUT2D eigenvalue weighted by molar-refractivity contribution is -0.141.